The Labute approximate surface area is 105 Å². The van der Waals surface area contributed by atoms with Crippen LogP contribution >= 0.6 is 0 Å². The molecule has 1 heterocycles. The van der Waals surface area contributed by atoms with Gasteiger partial charge < -0.3 is 10.6 Å². The summed E-state index contributed by atoms with van der Waals surface area (Å²) < 4.78 is 0. The summed E-state index contributed by atoms with van der Waals surface area (Å²) in [5, 5.41) is 6.61. The molecule has 2 rings (SSSR count). The van der Waals surface area contributed by atoms with Crippen LogP contribution in [0.1, 0.15) is 52.4 Å². The molecule has 1 aliphatic heterocycles. The van der Waals surface area contributed by atoms with E-state index in [4.69, 9.17) is 0 Å². The van der Waals surface area contributed by atoms with Crippen LogP contribution in [0.15, 0.2) is 0 Å². The summed E-state index contributed by atoms with van der Waals surface area (Å²) in [6, 6.07) is 0.405. The van der Waals surface area contributed by atoms with Gasteiger partial charge in [-0.3, -0.25) is 4.79 Å². The fourth-order valence-corrected chi connectivity index (χ4v) is 3.06. The van der Waals surface area contributed by atoms with E-state index < -0.39 is 0 Å². The van der Waals surface area contributed by atoms with Crippen LogP contribution in [0, 0.1) is 11.3 Å². The molecule has 0 aromatic heterocycles. The van der Waals surface area contributed by atoms with Crippen LogP contribution in [0.3, 0.4) is 0 Å². The molecule has 98 valence electrons. The summed E-state index contributed by atoms with van der Waals surface area (Å²) in [5.41, 5.74) is -0.175. The van der Waals surface area contributed by atoms with Crippen molar-refractivity contribution in [2.75, 3.05) is 13.1 Å². The van der Waals surface area contributed by atoms with Crippen LogP contribution in [0.4, 0.5) is 0 Å². The van der Waals surface area contributed by atoms with E-state index in [1.807, 2.05) is 0 Å². The first-order valence-corrected chi connectivity index (χ1v) is 7.13. The minimum Gasteiger partial charge on any atom is -0.353 e. The van der Waals surface area contributed by atoms with Gasteiger partial charge in [0, 0.05) is 12.6 Å². The summed E-state index contributed by atoms with van der Waals surface area (Å²) in [6.07, 6.45) is 7.32. The van der Waals surface area contributed by atoms with Gasteiger partial charge in [0.2, 0.25) is 5.91 Å². The van der Waals surface area contributed by atoms with E-state index in [9.17, 15) is 4.79 Å². The van der Waals surface area contributed by atoms with Crippen LogP contribution < -0.4 is 10.6 Å². The lowest BCUT2D eigenvalue weighted by molar-refractivity contribution is -0.130. The number of rotatable bonds is 2. The van der Waals surface area contributed by atoms with Gasteiger partial charge in [0.1, 0.15) is 0 Å². The summed E-state index contributed by atoms with van der Waals surface area (Å²) in [4.78, 5) is 12.3. The molecule has 0 bridgehead atoms. The van der Waals surface area contributed by atoms with Crippen molar-refractivity contribution >= 4 is 5.91 Å². The molecular formula is C14H26N2O. The van der Waals surface area contributed by atoms with Crippen LogP contribution in [-0.4, -0.2) is 25.0 Å². The molecule has 3 nitrogen and oxygen atoms in total. The molecule has 1 amide bonds. The maximum Gasteiger partial charge on any atom is 0.227 e. The first-order valence-electron chi connectivity index (χ1n) is 7.13. The fraction of sp³-hybridized carbons (Fsp3) is 0.929. The molecule has 3 heteroatoms. The Morgan fingerprint density at radius 2 is 2.06 bits per heavy atom. The highest BCUT2D eigenvalue weighted by Crippen LogP contribution is 2.27. The van der Waals surface area contributed by atoms with E-state index in [1.54, 1.807) is 0 Å². The molecule has 0 radical (unpaired) electrons. The van der Waals surface area contributed by atoms with Gasteiger partial charge in [-0.25, -0.2) is 0 Å². The highest BCUT2D eigenvalue weighted by molar-refractivity contribution is 5.83. The quantitative estimate of drug-likeness (QED) is 0.723. The zero-order valence-electron chi connectivity index (χ0n) is 11.2. The molecular weight excluding hydrogens is 212 g/mol. The average molecular weight is 238 g/mol. The Kier molecular flexibility index (Phi) is 4.08. The molecule has 17 heavy (non-hydrogen) atoms. The SMILES string of the molecule is CC1CCCCCC1NC(=O)C1(C)CCNC1. The first-order chi connectivity index (χ1) is 8.12. The molecule has 1 aliphatic carbocycles. The topological polar surface area (TPSA) is 41.1 Å². The normalized spacial score (nSPS) is 38.7. The van der Waals surface area contributed by atoms with E-state index in [0.717, 1.165) is 25.9 Å². The van der Waals surface area contributed by atoms with Gasteiger partial charge in [0.15, 0.2) is 0 Å². The zero-order chi connectivity index (χ0) is 12.3. The minimum atomic E-state index is -0.175. The molecule has 3 unspecified atom stereocenters. The summed E-state index contributed by atoms with van der Waals surface area (Å²) in [7, 11) is 0. The summed E-state index contributed by atoms with van der Waals surface area (Å²) >= 11 is 0. The predicted molar refractivity (Wildman–Crippen MR) is 69.8 cm³/mol. The van der Waals surface area contributed by atoms with Crippen molar-refractivity contribution in [1.29, 1.82) is 0 Å². The van der Waals surface area contributed by atoms with Crippen molar-refractivity contribution in [3.05, 3.63) is 0 Å². The minimum absolute atomic E-state index is 0.175. The largest absolute Gasteiger partial charge is 0.353 e. The fourth-order valence-electron chi connectivity index (χ4n) is 3.06. The van der Waals surface area contributed by atoms with Gasteiger partial charge in [-0.05, 0) is 38.6 Å². The van der Waals surface area contributed by atoms with E-state index in [1.165, 1.54) is 25.7 Å². The monoisotopic (exact) mass is 238 g/mol. The second-order valence-electron chi connectivity index (χ2n) is 6.18. The zero-order valence-corrected chi connectivity index (χ0v) is 11.2. The summed E-state index contributed by atoms with van der Waals surface area (Å²) in [5.74, 6) is 0.903. The Morgan fingerprint density at radius 1 is 1.29 bits per heavy atom. The Hall–Kier alpha value is -0.570. The molecule has 2 N–H and O–H groups in total. The molecule has 2 fully saturated rings. The maximum atomic E-state index is 12.3. The third-order valence-corrected chi connectivity index (χ3v) is 4.59. The van der Waals surface area contributed by atoms with Crippen molar-refractivity contribution in [2.24, 2.45) is 11.3 Å². The lowest BCUT2D eigenvalue weighted by Crippen LogP contribution is -2.47. The van der Waals surface area contributed by atoms with Crippen LogP contribution in [0.25, 0.3) is 0 Å². The highest BCUT2D eigenvalue weighted by atomic mass is 16.2. The Bertz CT molecular complexity index is 271. The van der Waals surface area contributed by atoms with Crippen LogP contribution in [0.5, 0.6) is 0 Å². The highest BCUT2D eigenvalue weighted by Gasteiger charge is 2.37. The third-order valence-electron chi connectivity index (χ3n) is 4.59. The van der Waals surface area contributed by atoms with E-state index >= 15 is 0 Å². The molecule has 0 aromatic rings. The van der Waals surface area contributed by atoms with Gasteiger partial charge in [-0.2, -0.15) is 0 Å². The Balaban J connectivity index is 1.92. The number of nitrogens with one attached hydrogen (secondary N) is 2. The number of carbonyl (C=O) groups excluding carboxylic acids is 1. The average Bonchev–Trinajstić information content (AvgIpc) is 2.65. The maximum absolute atomic E-state index is 12.3. The van der Waals surface area contributed by atoms with Crippen molar-refractivity contribution in [3.8, 4) is 0 Å². The predicted octanol–water partition coefficient (Wildman–Crippen LogP) is 2.07. The smallest absolute Gasteiger partial charge is 0.227 e. The Morgan fingerprint density at radius 3 is 2.76 bits per heavy atom. The lowest BCUT2D eigenvalue weighted by Gasteiger charge is -2.28. The van der Waals surface area contributed by atoms with Crippen molar-refractivity contribution in [1.82, 2.24) is 10.6 Å². The molecule has 1 saturated carbocycles. The number of hydrogen-bond donors (Lipinski definition) is 2. The second-order valence-corrected chi connectivity index (χ2v) is 6.18. The molecule has 0 spiro atoms. The standard InChI is InChI=1S/C14H26N2O/c1-11-6-4-3-5-7-12(11)16-13(17)14(2)8-9-15-10-14/h11-12,15H,3-10H2,1-2H3,(H,16,17). The van der Waals surface area contributed by atoms with Crippen molar-refractivity contribution in [2.45, 2.75) is 58.4 Å². The molecule has 2 aliphatic rings. The van der Waals surface area contributed by atoms with Crippen LogP contribution in [0.2, 0.25) is 0 Å². The third kappa shape index (κ3) is 3.01. The van der Waals surface area contributed by atoms with Crippen LogP contribution in [-0.2, 0) is 4.79 Å². The van der Waals surface area contributed by atoms with E-state index in [-0.39, 0.29) is 11.3 Å². The molecule has 3 atom stereocenters. The lowest BCUT2D eigenvalue weighted by atomic mass is 9.87. The summed E-state index contributed by atoms with van der Waals surface area (Å²) in [6.45, 7) is 6.18. The van der Waals surface area contributed by atoms with Gasteiger partial charge in [0.05, 0.1) is 5.41 Å². The van der Waals surface area contributed by atoms with Gasteiger partial charge in [0.25, 0.3) is 0 Å². The molecule has 0 aromatic carbocycles. The van der Waals surface area contributed by atoms with E-state index in [0.29, 0.717) is 12.0 Å². The van der Waals surface area contributed by atoms with E-state index in [2.05, 4.69) is 24.5 Å². The van der Waals surface area contributed by atoms with Gasteiger partial charge in [-0.15, -0.1) is 0 Å². The second kappa shape index (κ2) is 5.38. The molecule has 1 saturated heterocycles. The number of carbonyl (C=O) groups is 1. The van der Waals surface area contributed by atoms with Gasteiger partial charge in [-0.1, -0.05) is 26.2 Å². The number of amides is 1. The van der Waals surface area contributed by atoms with Crippen molar-refractivity contribution < 1.29 is 4.79 Å². The first kappa shape index (κ1) is 12.9. The van der Waals surface area contributed by atoms with Crippen molar-refractivity contribution in [3.63, 3.8) is 0 Å². The number of hydrogen-bond acceptors (Lipinski definition) is 2. The van der Waals surface area contributed by atoms with Gasteiger partial charge >= 0.3 is 0 Å².